The first-order chi connectivity index (χ1) is 13.0. The van der Waals surface area contributed by atoms with Gasteiger partial charge < -0.3 is 14.6 Å². The van der Waals surface area contributed by atoms with Crippen LogP contribution >= 0.6 is 0 Å². The zero-order valence-corrected chi connectivity index (χ0v) is 15.4. The maximum Gasteiger partial charge on any atom is 0.255 e. The molecule has 1 N–H and O–H groups in total. The van der Waals surface area contributed by atoms with E-state index in [1.807, 2.05) is 0 Å². The monoisotopic (exact) mass is 370 g/mol. The van der Waals surface area contributed by atoms with E-state index in [2.05, 4.69) is 10.2 Å². The Bertz CT molecular complexity index is 872. The smallest absolute Gasteiger partial charge is 0.255 e. The van der Waals surface area contributed by atoms with E-state index >= 15 is 0 Å². The second-order valence-corrected chi connectivity index (χ2v) is 7.40. The molecule has 142 valence electrons. The van der Waals surface area contributed by atoms with Crippen LogP contribution in [0.25, 0.3) is 0 Å². The first-order valence-electron chi connectivity index (χ1n) is 9.47. The highest BCUT2D eigenvalue weighted by molar-refractivity contribution is 6.10. The van der Waals surface area contributed by atoms with Crippen LogP contribution in [0, 0.1) is 18.7 Å². The third kappa shape index (κ3) is 3.48. The predicted octanol–water partition coefficient (Wildman–Crippen LogP) is 3.50. The summed E-state index contributed by atoms with van der Waals surface area (Å²) in [6.07, 6.45) is 2.92. The summed E-state index contributed by atoms with van der Waals surface area (Å²) in [5.74, 6) is 1.02. The van der Waals surface area contributed by atoms with Crippen LogP contribution in [0.3, 0.4) is 0 Å². The number of anilines is 1. The Balaban J connectivity index is 1.39. The zero-order valence-electron chi connectivity index (χ0n) is 15.4. The highest BCUT2D eigenvalue weighted by atomic mass is 19.1. The summed E-state index contributed by atoms with van der Waals surface area (Å²) in [5, 5.41) is 2.98. The lowest BCUT2D eigenvalue weighted by Crippen LogP contribution is -2.32. The summed E-state index contributed by atoms with van der Waals surface area (Å²) in [7, 11) is 0. The molecule has 1 aromatic carbocycles. The minimum atomic E-state index is -0.241. The van der Waals surface area contributed by atoms with Crippen LogP contribution in [0.1, 0.15) is 51.5 Å². The third-order valence-corrected chi connectivity index (χ3v) is 5.50. The van der Waals surface area contributed by atoms with Gasteiger partial charge in [0.2, 0.25) is 0 Å². The second-order valence-electron chi connectivity index (χ2n) is 7.40. The summed E-state index contributed by atoms with van der Waals surface area (Å²) in [5.41, 5.74) is 1.88. The molecule has 0 unspecified atom stereocenters. The van der Waals surface area contributed by atoms with Crippen molar-refractivity contribution >= 4 is 17.4 Å². The Morgan fingerprint density at radius 3 is 2.85 bits per heavy atom. The maximum atomic E-state index is 13.1. The summed E-state index contributed by atoms with van der Waals surface area (Å²) in [6, 6.07) is 6.49. The van der Waals surface area contributed by atoms with E-state index in [4.69, 9.17) is 4.42 Å². The molecular formula is C21H23FN2O3. The molecule has 0 spiro atoms. The first kappa shape index (κ1) is 17.8. The van der Waals surface area contributed by atoms with Crippen molar-refractivity contribution in [1.29, 1.82) is 0 Å². The molecule has 1 amide bonds. The fraction of sp³-hybridized carbons (Fsp3) is 0.429. The van der Waals surface area contributed by atoms with E-state index in [0.717, 1.165) is 31.6 Å². The van der Waals surface area contributed by atoms with E-state index < -0.39 is 0 Å². The Morgan fingerprint density at radius 2 is 2.07 bits per heavy atom. The summed E-state index contributed by atoms with van der Waals surface area (Å²) in [6.45, 7) is 3.98. The number of fused-ring (bicyclic) bond motifs is 1. The number of nitrogens with one attached hydrogen (secondary N) is 1. The number of aryl methyl sites for hydroxylation is 2. The fourth-order valence-electron chi connectivity index (χ4n) is 4.09. The molecule has 1 atom stereocenters. The van der Waals surface area contributed by atoms with Crippen LogP contribution in [-0.4, -0.2) is 31.3 Å². The van der Waals surface area contributed by atoms with Crippen LogP contribution in [0.5, 0.6) is 0 Å². The Hall–Kier alpha value is -2.63. The van der Waals surface area contributed by atoms with Gasteiger partial charge in [-0.15, -0.1) is 0 Å². The van der Waals surface area contributed by atoms with Gasteiger partial charge in [0, 0.05) is 38.2 Å². The number of benzene rings is 1. The molecule has 5 nitrogen and oxygen atoms in total. The van der Waals surface area contributed by atoms with Gasteiger partial charge in [-0.2, -0.15) is 0 Å². The van der Waals surface area contributed by atoms with E-state index in [-0.39, 0.29) is 17.5 Å². The SMILES string of the molecule is Cc1oc2c(c1C(=O)NC[C@H]1CCN(c3ccc(F)cc3)C1)C(=O)CCC2. The summed E-state index contributed by atoms with van der Waals surface area (Å²) in [4.78, 5) is 27.1. The van der Waals surface area contributed by atoms with Crippen molar-refractivity contribution in [3.63, 3.8) is 0 Å². The predicted molar refractivity (Wildman–Crippen MR) is 99.8 cm³/mol. The van der Waals surface area contributed by atoms with Crippen molar-refractivity contribution < 1.29 is 18.4 Å². The molecule has 2 heterocycles. The van der Waals surface area contributed by atoms with Crippen LogP contribution in [0.15, 0.2) is 28.7 Å². The Labute approximate surface area is 157 Å². The summed E-state index contributed by atoms with van der Waals surface area (Å²) < 4.78 is 18.7. The average molecular weight is 370 g/mol. The van der Waals surface area contributed by atoms with E-state index in [1.54, 1.807) is 19.1 Å². The molecule has 2 aliphatic rings. The maximum absolute atomic E-state index is 13.1. The Kier molecular flexibility index (Phi) is 4.72. The molecule has 4 rings (SSSR count). The van der Waals surface area contributed by atoms with Gasteiger partial charge in [-0.1, -0.05) is 0 Å². The van der Waals surface area contributed by atoms with Crippen LogP contribution < -0.4 is 10.2 Å². The van der Waals surface area contributed by atoms with Crippen molar-refractivity contribution in [3.05, 3.63) is 52.7 Å². The molecule has 1 saturated heterocycles. The van der Waals surface area contributed by atoms with Gasteiger partial charge in [0.05, 0.1) is 11.1 Å². The minimum Gasteiger partial charge on any atom is -0.465 e. The second kappa shape index (κ2) is 7.18. The van der Waals surface area contributed by atoms with Gasteiger partial charge in [-0.3, -0.25) is 9.59 Å². The number of hydrogen-bond donors (Lipinski definition) is 1. The molecule has 1 fully saturated rings. The number of ketones is 1. The minimum absolute atomic E-state index is 0.00148. The van der Waals surface area contributed by atoms with E-state index in [9.17, 15) is 14.0 Å². The van der Waals surface area contributed by atoms with E-state index in [0.29, 0.717) is 48.0 Å². The van der Waals surface area contributed by atoms with Crippen molar-refractivity contribution in [2.24, 2.45) is 5.92 Å². The number of nitrogens with zero attached hydrogens (tertiary/aromatic N) is 1. The molecule has 0 bridgehead atoms. The van der Waals surface area contributed by atoms with Gasteiger partial charge in [0.25, 0.3) is 5.91 Å². The van der Waals surface area contributed by atoms with Gasteiger partial charge in [0.15, 0.2) is 5.78 Å². The number of Topliss-reactive ketones (excluding diaryl/α,β-unsaturated/α-hetero) is 1. The lowest BCUT2D eigenvalue weighted by atomic mass is 9.93. The van der Waals surface area contributed by atoms with Gasteiger partial charge in [0.1, 0.15) is 17.3 Å². The number of carbonyl (C=O) groups excluding carboxylic acids is 2. The largest absolute Gasteiger partial charge is 0.465 e. The number of amides is 1. The van der Waals surface area contributed by atoms with Gasteiger partial charge in [-0.25, -0.2) is 4.39 Å². The molecule has 2 aromatic rings. The lowest BCUT2D eigenvalue weighted by molar-refractivity contribution is 0.0924. The molecule has 1 aromatic heterocycles. The lowest BCUT2D eigenvalue weighted by Gasteiger charge is -2.19. The van der Waals surface area contributed by atoms with Crippen molar-refractivity contribution in [3.8, 4) is 0 Å². The van der Waals surface area contributed by atoms with Crippen LogP contribution in [0.2, 0.25) is 0 Å². The number of rotatable bonds is 4. The number of hydrogen-bond acceptors (Lipinski definition) is 4. The van der Waals surface area contributed by atoms with Gasteiger partial charge in [-0.05, 0) is 49.9 Å². The number of furan rings is 1. The topological polar surface area (TPSA) is 62.6 Å². The normalized spacial score (nSPS) is 19.3. The molecule has 27 heavy (non-hydrogen) atoms. The van der Waals surface area contributed by atoms with E-state index in [1.165, 1.54) is 12.1 Å². The molecule has 6 heteroatoms. The number of halogens is 1. The highest BCUT2D eigenvalue weighted by Gasteiger charge is 2.31. The fourth-order valence-corrected chi connectivity index (χ4v) is 4.09. The standard InChI is InChI=1S/C21H23FN2O3/c1-13-19(20-17(25)3-2-4-18(20)27-13)21(26)23-11-14-9-10-24(12-14)16-7-5-15(22)6-8-16/h5-8,14H,2-4,9-12H2,1H3,(H,23,26)/t14-/m1/s1. The molecule has 1 aliphatic carbocycles. The highest BCUT2D eigenvalue weighted by Crippen LogP contribution is 2.30. The summed E-state index contributed by atoms with van der Waals surface area (Å²) >= 11 is 0. The van der Waals surface area contributed by atoms with Crippen molar-refractivity contribution in [2.75, 3.05) is 24.5 Å². The molecular weight excluding hydrogens is 347 g/mol. The van der Waals surface area contributed by atoms with Crippen LogP contribution in [0.4, 0.5) is 10.1 Å². The van der Waals surface area contributed by atoms with Crippen molar-refractivity contribution in [2.45, 2.75) is 32.6 Å². The molecule has 0 radical (unpaired) electrons. The van der Waals surface area contributed by atoms with Crippen molar-refractivity contribution in [1.82, 2.24) is 5.32 Å². The number of carbonyl (C=O) groups is 2. The zero-order chi connectivity index (χ0) is 19.0. The van der Waals surface area contributed by atoms with Crippen LogP contribution in [-0.2, 0) is 6.42 Å². The molecule has 0 saturated carbocycles. The third-order valence-electron chi connectivity index (χ3n) is 5.50. The van der Waals surface area contributed by atoms with Gasteiger partial charge >= 0.3 is 0 Å². The first-order valence-corrected chi connectivity index (χ1v) is 9.47. The quantitative estimate of drug-likeness (QED) is 0.895. The average Bonchev–Trinajstić information content (AvgIpc) is 3.25. The molecule has 1 aliphatic heterocycles. The Morgan fingerprint density at radius 1 is 1.30 bits per heavy atom.